The molecule has 104 valence electrons. The average molecular weight is 331 g/mol. The fourth-order valence-corrected chi connectivity index (χ4v) is 2.60. The molecule has 4 nitrogen and oxygen atoms in total. The van der Waals surface area contributed by atoms with Gasteiger partial charge in [-0.15, -0.1) is 0 Å². The second-order valence-electron chi connectivity index (χ2n) is 4.66. The van der Waals surface area contributed by atoms with Crippen LogP contribution in [0.1, 0.15) is 5.56 Å². The number of hydrogen-bond donors (Lipinski definition) is 1. The molecule has 19 heavy (non-hydrogen) atoms. The van der Waals surface area contributed by atoms with Gasteiger partial charge in [0.2, 0.25) is 0 Å². The molecule has 1 heterocycles. The van der Waals surface area contributed by atoms with Gasteiger partial charge in [0.15, 0.2) is 0 Å². The summed E-state index contributed by atoms with van der Waals surface area (Å²) < 4.78 is 13.9. The molecular weight excluding hydrogens is 315 g/mol. The summed E-state index contributed by atoms with van der Waals surface area (Å²) in [5.41, 5.74) is 0.923. The van der Waals surface area contributed by atoms with Crippen LogP contribution in [-0.2, 0) is 11.3 Å². The van der Waals surface area contributed by atoms with Crippen LogP contribution in [-0.4, -0.2) is 53.6 Å². The van der Waals surface area contributed by atoms with Crippen LogP contribution in [0.2, 0.25) is 0 Å². The van der Waals surface area contributed by atoms with Crippen molar-refractivity contribution in [3.05, 3.63) is 34.1 Å². The standard InChI is InChI=1S/C13H16BrFN2O2/c14-13-10(2-1-3-11(13)15)8-16-4-6-17(7-5-16)9-12(18)19/h1-3H,4-9H2,(H,18,19). The Morgan fingerprint density at radius 2 is 1.89 bits per heavy atom. The molecule has 1 saturated heterocycles. The molecule has 2 rings (SSSR count). The van der Waals surface area contributed by atoms with E-state index >= 15 is 0 Å². The number of carboxylic acid groups (broad SMARTS) is 1. The highest BCUT2D eigenvalue weighted by Gasteiger charge is 2.19. The molecule has 0 bridgehead atoms. The number of hydrogen-bond acceptors (Lipinski definition) is 3. The molecule has 1 aromatic rings. The molecule has 0 spiro atoms. The fraction of sp³-hybridized carbons (Fsp3) is 0.462. The predicted octanol–water partition coefficient (Wildman–Crippen LogP) is 1.79. The lowest BCUT2D eigenvalue weighted by Crippen LogP contribution is -2.47. The van der Waals surface area contributed by atoms with Gasteiger partial charge in [0.1, 0.15) is 5.82 Å². The highest BCUT2D eigenvalue weighted by Crippen LogP contribution is 2.22. The van der Waals surface area contributed by atoms with Crippen LogP contribution in [0.15, 0.2) is 22.7 Å². The summed E-state index contributed by atoms with van der Waals surface area (Å²) in [4.78, 5) is 14.7. The van der Waals surface area contributed by atoms with Crippen molar-refractivity contribution in [3.8, 4) is 0 Å². The number of rotatable bonds is 4. The van der Waals surface area contributed by atoms with Crippen molar-refractivity contribution in [3.63, 3.8) is 0 Å². The van der Waals surface area contributed by atoms with Crippen molar-refractivity contribution >= 4 is 21.9 Å². The van der Waals surface area contributed by atoms with Crippen molar-refractivity contribution < 1.29 is 14.3 Å². The molecule has 1 aliphatic heterocycles. The number of piperazine rings is 1. The minimum atomic E-state index is -0.790. The Balaban J connectivity index is 1.89. The van der Waals surface area contributed by atoms with Crippen LogP contribution < -0.4 is 0 Å². The summed E-state index contributed by atoms with van der Waals surface area (Å²) in [7, 11) is 0. The van der Waals surface area contributed by atoms with Crippen molar-refractivity contribution in [2.45, 2.75) is 6.54 Å². The molecule has 1 N–H and O–H groups in total. The van der Waals surface area contributed by atoms with E-state index in [1.54, 1.807) is 6.07 Å². The lowest BCUT2D eigenvalue weighted by molar-refractivity contribution is -0.138. The van der Waals surface area contributed by atoms with Gasteiger partial charge in [0.25, 0.3) is 0 Å². The van der Waals surface area contributed by atoms with E-state index in [-0.39, 0.29) is 12.4 Å². The van der Waals surface area contributed by atoms with E-state index in [4.69, 9.17) is 5.11 Å². The maximum Gasteiger partial charge on any atom is 0.317 e. The topological polar surface area (TPSA) is 43.8 Å². The van der Waals surface area contributed by atoms with E-state index in [0.717, 1.165) is 31.7 Å². The lowest BCUT2D eigenvalue weighted by atomic mass is 10.2. The Hall–Kier alpha value is -0.980. The summed E-state index contributed by atoms with van der Waals surface area (Å²) in [6.07, 6.45) is 0. The molecule has 0 aliphatic carbocycles. The molecule has 1 aromatic carbocycles. The third kappa shape index (κ3) is 3.99. The molecule has 0 radical (unpaired) electrons. The molecule has 1 aliphatic rings. The van der Waals surface area contributed by atoms with Gasteiger partial charge in [0.05, 0.1) is 11.0 Å². The summed E-state index contributed by atoms with van der Waals surface area (Å²) in [6, 6.07) is 5.03. The van der Waals surface area contributed by atoms with E-state index in [1.807, 2.05) is 11.0 Å². The van der Waals surface area contributed by atoms with Crippen LogP contribution in [0.25, 0.3) is 0 Å². The largest absolute Gasteiger partial charge is 0.480 e. The molecule has 6 heteroatoms. The zero-order chi connectivity index (χ0) is 13.8. The molecule has 0 saturated carbocycles. The van der Waals surface area contributed by atoms with E-state index in [9.17, 15) is 9.18 Å². The summed E-state index contributed by atoms with van der Waals surface area (Å²) in [6.45, 7) is 3.85. The Labute approximate surface area is 119 Å². The number of benzene rings is 1. The van der Waals surface area contributed by atoms with Gasteiger partial charge >= 0.3 is 5.97 Å². The fourth-order valence-electron chi connectivity index (χ4n) is 2.21. The highest BCUT2D eigenvalue weighted by atomic mass is 79.9. The maximum atomic E-state index is 13.4. The predicted molar refractivity (Wildman–Crippen MR) is 73.5 cm³/mol. The summed E-state index contributed by atoms with van der Waals surface area (Å²) in [5, 5.41) is 8.73. The minimum absolute atomic E-state index is 0.0947. The molecule has 0 atom stereocenters. The van der Waals surface area contributed by atoms with Gasteiger partial charge in [-0.25, -0.2) is 4.39 Å². The van der Waals surface area contributed by atoms with E-state index in [1.165, 1.54) is 6.07 Å². The monoisotopic (exact) mass is 330 g/mol. The number of aliphatic carboxylic acids is 1. The van der Waals surface area contributed by atoms with Crippen molar-refractivity contribution in [1.82, 2.24) is 9.80 Å². The normalized spacial score (nSPS) is 17.6. The van der Waals surface area contributed by atoms with Gasteiger partial charge in [-0.1, -0.05) is 12.1 Å². The Morgan fingerprint density at radius 1 is 1.26 bits per heavy atom. The number of halogens is 2. The van der Waals surface area contributed by atoms with Gasteiger partial charge < -0.3 is 5.11 Å². The van der Waals surface area contributed by atoms with Gasteiger partial charge in [0, 0.05) is 32.7 Å². The quantitative estimate of drug-likeness (QED) is 0.914. The molecule has 1 fully saturated rings. The lowest BCUT2D eigenvalue weighted by Gasteiger charge is -2.33. The van der Waals surface area contributed by atoms with E-state index < -0.39 is 5.97 Å². The zero-order valence-corrected chi connectivity index (χ0v) is 12.1. The molecular formula is C13H16BrFN2O2. The highest BCUT2D eigenvalue weighted by molar-refractivity contribution is 9.10. The maximum absolute atomic E-state index is 13.4. The second-order valence-corrected chi connectivity index (χ2v) is 5.45. The Kier molecular flexibility index (Phi) is 4.90. The minimum Gasteiger partial charge on any atom is -0.480 e. The first kappa shape index (κ1) is 14.4. The van der Waals surface area contributed by atoms with Crippen LogP contribution in [0, 0.1) is 5.82 Å². The van der Waals surface area contributed by atoms with Crippen LogP contribution in [0.4, 0.5) is 4.39 Å². The summed E-state index contributed by atoms with van der Waals surface area (Å²) in [5.74, 6) is -1.04. The first-order valence-corrected chi connectivity index (χ1v) is 6.95. The average Bonchev–Trinajstić information content (AvgIpc) is 2.37. The number of carboxylic acids is 1. The third-order valence-electron chi connectivity index (χ3n) is 3.25. The summed E-state index contributed by atoms with van der Waals surface area (Å²) >= 11 is 3.26. The van der Waals surface area contributed by atoms with E-state index in [2.05, 4.69) is 20.8 Å². The Bertz CT molecular complexity index is 462. The SMILES string of the molecule is O=C(O)CN1CCN(Cc2cccc(F)c2Br)CC1. The number of carbonyl (C=O) groups is 1. The smallest absolute Gasteiger partial charge is 0.317 e. The van der Waals surface area contributed by atoms with Gasteiger partial charge in [-0.2, -0.15) is 0 Å². The molecule has 0 amide bonds. The van der Waals surface area contributed by atoms with Crippen LogP contribution in [0.3, 0.4) is 0 Å². The van der Waals surface area contributed by atoms with Crippen molar-refractivity contribution in [1.29, 1.82) is 0 Å². The van der Waals surface area contributed by atoms with Crippen molar-refractivity contribution in [2.75, 3.05) is 32.7 Å². The van der Waals surface area contributed by atoms with Crippen LogP contribution >= 0.6 is 15.9 Å². The van der Waals surface area contributed by atoms with Crippen molar-refractivity contribution in [2.24, 2.45) is 0 Å². The third-order valence-corrected chi connectivity index (χ3v) is 4.14. The van der Waals surface area contributed by atoms with Crippen LogP contribution in [0.5, 0.6) is 0 Å². The first-order chi connectivity index (χ1) is 9.06. The van der Waals surface area contributed by atoms with E-state index in [0.29, 0.717) is 11.0 Å². The Morgan fingerprint density at radius 3 is 2.53 bits per heavy atom. The second kappa shape index (κ2) is 6.45. The van der Waals surface area contributed by atoms with Gasteiger partial charge in [-0.05, 0) is 27.6 Å². The van der Waals surface area contributed by atoms with Gasteiger partial charge in [-0.3, -0.25) is 14.6 Å². The molecule has 0 aromatic heterocycles. The first-order valence-electron chi connectivity index (χ1n) is 6.15. The zero-order valence-electron chi connectivity index (χ0n) is 10.5. The molecule has 0 unspecified atom stereocenters. The number of nitrogens with zero attached hydrogens (tertiary/aromatic N) is 2.